The van der Waals surface area contributed by atoms with Crippen LogP contribution in [0.2, 0.25) is 5.02 Å². The maximum absolute atomic E-state index is 12.6. The fourth-order valence-corrected chi connectivity index (χ4v) is 3.89. The van der Waals surface area contributed by atoms with Gasteiger partial charge in [0.05, 0.1) is 11.5 Å². The van der Waals surface area contributed by atoms with Crippen LogP contribution in [-0.2, 0) is 16.6 Å². The third kappa shape index (κ3) is 3.59. The van der Waals surface area contributed by atoms with Crippen LogP contribution in [0.15, 0.2) is 29.7 Å². The van der Waals surface area contributed by atoms with Crippen LogP contribution < -0.4 is 5.73 Å². The lowest BCUT2D eigenvalue weighted by molar-refractivity contribution is 0.260. The van der Waals surface area contributed by atoms with Gasteiger partial charge in [0.15, 0.2) is 0 Å². The third-order valence-corrected chi connectivity index (χ3v) is 5.16. The van der Waals surface area contributed by atoms with Crippen molar-refractivity contribution >= 4 is 21.6 Å². The minimum atomic E-state index is -3.75. The van der Waals surface area contributed by atoms with Crippen LogP contribution in [-0.4, -0.2) is 37.5 Å². The van der Waals surface area contributed by atoms with Gasteiger partial charge in [-0.15, -0.1) is 6.58 Å². The van der Waals surface area contributed by atoms with Crippen LogP contribution in [0.5, 0.6) is 0 Å². The molecule has 112 valence electrons. The van der Waals surface area contributed by atoms with E-state index in [-0.39, 0.29) is 31.1 Å². The second-order valence-electron chi connectivity index (χ2n) is 4.27. The van der Waals surface area contributed by atoms with Crippen molar-refractivity contribution in [3.05, 3.63) is 40.9 Å². The van der Waals surface area contributed by atoms with Crippen LogP contribution in [0.25, 0.3) is 0 Å². The SMILES string of the molecule is C=CCN(CCO)S(=O)(=O)c1cc(Cl)cc(CN)c1C. The van der Waals surface area contributed by atoms with Crippen LogP contribution in [0.3, 0.4) is 0 Å². The molecule has 0 aliphatic rings. The average Bonchev–Trinajstić information content (AvgIpc) is 2.40. The highest BCUT2D eigenvalue weighted by atomic mass is 35.5. The van der Waals surface area contributed by atoms with E-state index in [2.05, 4.69) is 6.58 Å². The molecule has 1 rings (SSSR count). The molecule has 5 nitrogen and oxygen atoms in total. The second kappa shape index (κ2) is 7.19. The Morgan fingerprint density at radius 2 is 2.15 bits per heavy atom. The normalized spacial score (nSPS) is 11.8. The van der Waals surface area contributed by atoms with Gasteiger partial charge in [-0.3, -0.25) is 0 Å². The standard InChI is InChI=1S/C13H19ClN2O3S/c1-3-4-16(5-6-17)20(18,19)13-8-12(14)7-11(9-15)10(13)2/h3,7-8,17H,1,4-6,9,15H2,2H3. The molecule has 1 aromatic carbocycles. The fourth-order valence-electron chi connectivity index (χ4n) is 1.89. The van der Waals surface area contributed by atoms with E-state index in [0.717, 1.165) is 4.31 Å². The van der Waals surface area contributed by atoms with Crippen LogP contribution in [0, 0.1) is 6.92 Å². The van der Waals surface area contributed by atoms with Crippen LogP contribution in [0.4, 0.5) is 0 Å². The fraction of sp³-hybridized carbons (Fsp3) is 0.385. The number of rotatable bonds is 7. The van der Waals surface area contributed by atoms with E-state index in [4.69, 9.17) is 22.4 Å². The summed E-state index contributed by atoms with van der Waals surface area (Å²) in [5.74, 6) is 0. The van der Waals surface area contributed by atoms with E-state index >= 15 is 0 Å². The maximum atomic E-state index is 12.6. The molecule has 0 heterocycles. The van der Waals surface area contributed by atoms with Gasteiger partial charge in [0.2, 0.25) is 10.0 Å². The lowest BCUT2D eigenvalue weighted by atomic mass is 10.1. The molecule has 0 aliphatic carbocycles. The average molecular weight is 319 g/mol. The number of sulfonamides is 1. The van der Waals surface area contributed by atoms with Crippen molar-refractivity contribution in [1.82, 2.24) is 4.31 Å². The Morgan fingerprint density at radius 1 is 1.50 bits per heavy atom. The molecule has 0 saturated heterocycles. The van der Waals surface area contributed by atoms with Gasteiger partial charge in [-0.1, -0.05) is 17.7 Å². The van der Waals surface area contributed by atoms with Crippen molar-refractivity contribution in [1.29, 1.82) is 0 Å². The van der Waals surface area contributed by atoms with Gasteiger partial charge >= 0.3 is 0 Å². The van der Waals surface area contributed by atoms with Gasteiger partial charge in [-0.2, -0.15) is 4.31 Å². The van der Waals surface area contributed by atoms with Crippen LogP contribution in [0.1, 0.15) is 11.1 Å². The van der Waals surface area contributed by atoms with Crippen molar-refractivity contribution < 1.29 is 13.5 Å². The molecule has 0 radical (unpaired) electrons. The lowest BCUT2D eigenvalue weighted by Crippen LogP contribution is -2.34. The molecule has 0 amide bonds. The first-order valence-electron chi connectivity index (χ1n) is 6.09. The van der Waals surface area contributed by atoms with E-state index in [0.29, 0.717) is 16.1 Å². The summed E-state index contributed by atoms with van der Waals surface area (Å²) in [7, 11) is -3.75. The molecule has 20 heavy (non-hydrogen) atoms. The van der Waals surface area contributed by atoms with Crippen molar-refractivity contribution in [3.63, 3.8) is 0 Å². The number of benzene rings is 1. The smallest absolute Gasteiger partial charge is 0.243 e. The van der Waals surface area contributed by atoms with Gasteiger partial charge in [0, 0.05) is 24.7 Å². The van der Waals surface area contributed by atoms with Crippen molar-refractivity contribution in [2.45, 2.75) is 18.4 Å². The van der Waals surface area contributed by atoms with Crippen molar-refractivity contribution in [2.75, 3.05) is 19.7 Å². The number of aliphatic hydroxyl groups excluding tert-OH is 1. The summed E-state index contributed by atoms with van der Waals surface area (Å²) in [5, 5.41) is 9.33. The molecular formula is C13H19ClN2O3S. The third-order valence-electron chi connectivity index (χ3n) is 2.95. The number of nitrogens with two attached hydrogens (primary N) is 1. The summed E-state index contributed by atoms with van der Waals surface area (Å²) >= 11 is 5.96. The number of nitrogens with zero attached hydrogens (tertiary/aromatic N) is 1. The van der Waals surface area contributed by atoms with E-state index in [9.17, 15) is 8.42 Å². The molecule has 3 N–H and O–H groups in total. The van der Waals surface area contributed by atoms with Gasteiger partial charge in [0.1, 0.15) is 0 Å². The molecular weight excluding hydrogens is 300 g/mol. The predicted molar refractivity (Wildman–Crippen MR) is 80.1 cm³/mol. The predicted octanol–water partition coefficient (Wildman–Crippen LogP) is 1.28. The number of hydrogen-bond donors (Lipinski definition) is 2. The second-order valence-corrected chi connectivity index (χ2v) is 6.61. The summed E-state index contributed by atoms with van der Waals surface area (Å²) < 4.78 is 26.4. The monoisotopic (exact) mass is 318 g/mol. The van der Waals surface area contributed by atoms with E-state index < -0.39 is 10.0 Å². The summed E-state index contributed by atoms with van der Waals surface area (Å²) in [6, 6.07) is 3.05. The molecule has 7 heteroatoms. The van der Waals surface area contributed by atoms with Gasteiger partial charge in [0.25, 0.3) is 0 Å². The van der Waals surface area contributed by atoms with Gasteiger partial charge < -0.3 is 10.8 Å². The van der Waals surface area contributed by atoms with Gasteiger partial charge in [-0.25, -0.2) is 8.42 Å². The van der Waals surface area contributed by atoms with Gasteiger partial charge in [-0.05, 0) is 30.2 Å². The molecule has 0 atom stereocenters. The van der Waals surface area contributed by atoms with E-state index in [1.54, 1.807) is 13.0 Å². The molecule has 0 unspecified atom stereocenters. The Balaban J connectivity index is 3.40. The van der Waals surface area contributed by atoms with E-state index in [1.807, 2.05) is 0 Å². The zero-order valence-corrected chi connectivity index (χ0v) is 12.9. The number of halogens is 1. The highest BCUT2D eigenvalue weighted by Crippen LogP contribution is 2.26. The Morgan fingerprint density at radius 3 is 2.65 bits per heavy atom. The summed E-state index contributed by atoms with van der Waals surface area (Å²) in [6.07, 6.45) is 1.47. The minimum absolute atomic E-state index is 0.00172. The number of hydrogen-bond acceptors (Lipinski definition) is 4. The zero-order valence-electron chi connectivity index (χ0n) is 11.3. The van der Waals surface area contributed by atoms with Crippen LogP contribution >= 0.6 is 11.6 Å². The van der Waals surface area contributed by atoms with E-state index in [1.165, 1.54) is 12.1 Å². The summed E-state index contributed by atoms with van der Waals surface area (Å²) in [6.45, 7) is 5.27. The topological polar surface area (TPSA) is 83.6 Å². The highest BCUT2D eigenvalue weighted by Gasteiger charge is 2.26. The Kier molecular flexibility index (Phi) is 6.16. The zero-order chi connectivity index (χ0) is 15.3. The first-order chi connectivity index (χ1) is 9.38. The Bertz CT molecular complexity index is 588. The summed E-state index contributed by atoms with van der Waals surface area (Å²) in [5.41, 5.74) is 6.85. The molecule has 0 aromatic heterocycles. The molecule has 0 bridgehead atoms. The maximum Gasteiger partial charge on any atom is 0.243 e. The minimum Gasteiger partial charge on any atom is -0.395 e. The molecule has 1 aromatic rings. The molecule has 0 spiro atoms. The Hall–Kier alpha value is -0.920. The van der Waals surface area contributed by atoms with Crippen molar-refractivity contribution in [2.24, 2.45) is 5.73 Å². The summed E-state index contributed by atoms with van der Waals surface area (Å²) in [4.78, 5) is 0.112. The molecule has 0 aliphatic heterocycles. The largest absolute Gasteiger partial charge is 0.395 e. The molecule has 0 fully saturated rings. The first kappa shape index (κ1) is 17.1. The molecule has 0 saturated carbocycles. The first-order valence-corrected chi connectivity index (χ1v) is 7.91. The van der Waals surface area contributed by atoms with Crippen molar-refractivity contribution in [3.8, 4) is 0 Å². The highest BCUT2D eigenvalue weighted by molar-refractivity contribution is 7.89. The Labute approximate surface area is 124 Å². The quantitative estimate of drug-likeness (QED) is 0.742. The number of aliphatic hydroxyl groups is 1. The lowest BCUT2D eigenvalue weighted by Gasteiger charge is -2.22.